The molecule has 1 aromatic rings. The van der Waals surface area contributed by atoms with Gasteiger partial charge in [-0.05, 0) is 43.2 Å². The predicted molar refractivity (Wildman–Crippen MR) is 70.2 cm³/mol. The minimum atomic E-state index is 0.474. The van der Waals surface area contributed by atoms with Crippen LogP contribution in [0.2, 0.25) is 0 Å². The minimum Gasteiger partial charge on any atom is -0.352 e. The molecule has 1 aliphatic carbocycles. The summed E-state index contributed by atoms with van der Waals surface area (Å²) in [6.45, 7) is 4.14. The fourth-order valence-corrected chi connectivity index (χ4v) is 3.22. The van der Waals surface area contributed by atoms with Crippen molar-refractivity contribution in [1.82, 2.24) is 4.98 Å². The van der Waals surface area contributed by atoms with Crippen LogP contribution in [0.3, 0.4) is 0 Å². The second-order valence-corrected chi connectivity index (χ2v) is 5.39. The molecular formula is C14H21N3. The molecule has 0 saturated carbocycles. The Morgan fingerprint density at radius 3 is 3.12 bits per heavy atom. The second kappa shape index (κ2) is 4.30. The van der Waals surface area contributed by atoms with Crippen LogP contribution in [0.4, 0.5) is 5.82 Å². The highest BCUT2D eigenvalue weighted by atomic mass is 15.2. The Hall–Kier alpha value is -1.09. The van der Waals surface area contributed by atoms with Gasteiger partial charge in [0.2, 0.25) is 0 Å². The average molecular weight is 231 g/mol. The number of hydrogen-bond donors (Lipinski definition) is 1. The van der Waals surface area contributed by atoms with Gasteiger partial charge in [0, 0.05) is 24.8 Å². The molecule has 1 aromatic heterocycles. The molecule has 3 nitrogen and oxygen atoms in total. The number of aromatic nitrogens is 1. The molecule has 2 atom stereocenters. The third-order valence-electron chi connectivity index (χ3n) is 4.33. The zero-order chi connectivity index (χ0) is 11.8. The standard InChI is InChI=1S/C14H21N3/c1-10-7-8-17(13(10)9-15)14-6-5-11-3-2-4-12(11)16-14/h5-6,10,13H,2-4,7-9,15H2,1H3. The van der Waals surface area contributed by atoms with E-state index in [0.717, 1.165) is 25.3 Å². The quantitative estimate of drug-likeness (QED) is 0.843. The first kappa shape index (κ1) is 11.0. The lowest BCUT2D eigenvalue weighted by Crippen LogP contribution is -2.38. The summed E-state index contributed by atoms with van der Waals surface area (Å²) in [7, 11) is 0. The van der Waals surface area contributed by atoms with E-state index >= 15 is 0 Å². The van der Waals surface area contributed by atoms with Crippen molar-refractivity contribution in [2.45, 2.75) is 38.6 Å². The van der Waals surface area contributed by atoms with Crippen molar-refractivity contribution in [2.75, 3.05) is 18.0 Å². The molecule has 3 heteroatoms. The van der Waals surface area contributed by atoms with Crippen LogP contribution >= 0.6 is 0 Å². The first-order valence-corrected chi connectivity index (χ1v) is 6.75. The van der Waals surface area contributed by atoms with Gasteiger partial charge in [-0.15, -0.1) is 0 Å². The van der Waals surface area contributed by atoms with E-state index in [4.69, 9.17) is 10.7 Å². The van der Waals surface area contributed by atoms with E-state index in [9.17, 15) is 0 Å². The molecule has 0 amide bonds. The largest absolute Gasteiger partial charge is 0.352 e. The van der Waals surface area contributed by atoms with Gasteiger partial charge in [0.25, 0.3) is 0 Å². The monoisotopic (exact) mass is 231 g/mol. The van der Waals surface area contributed by atoms with Crippen LogP contribution in [0.25, 0.3) is 0 Å². The zero-order valence-electron chi connectivity index (χ0n) is 10.5. The lowest BCUT2D eigenvalue weighted by Gasteiger charge is -2.27. The van der Waals surface area contributed by atoms with E-state index in [-0.39, 0.29) is 0 Å². The number of anilines is 1. The fourth-order valence-electron chi connectivity index (χ4n) is 3.22. The summed E-state index contributed by atoms with van der Waals surface area (Å²) in [5.74, 6) is 1.83. The van der Waals surface area contributed by atoms with Gasteiger partial charge >= 0.3 is 0 Å². The maximum atomic E-state index is 5.90. The van der Waals surface area contributed by atoms with Crippen molar-refractivity contribution < 1.29 is 0 Å². The maximum absolute atomic E-state index is 5.90. The van der Waals surface area contributed by atoms with Crippen LogP contribution in [0.5, 0.6) is 0 Å². The lowest BCUT2D eigenvalue weighted by atomic mass is 10.0. The van der Waals surface area contributed by atoms with Crippen molar-refractivity contribution in [3.8, 4) is 0 Å². The second-order valence-electron chi connectivity index (χ2n) is 5.39. The molecule has 0 aromatic carbocycles. The normalized spacial score (nSPS) is 27.5. The highest BCUT2D eigenvalue weighted by Gasteiger charge is 2.31. The summed E-state index contributed by atoms with van der Waals surface area (Å²) in [6.07, 6.45) is 4.86. The van der Waals surface area contributed by atoms with Crippen molar-refractivity contribution in [3.63, 3.8) is 0 Å². The van der Waals surface area contributed by atoms with Crippen LogP contribution in [-0.4, -0.2) is 24.1 Å². The van der Waals surface area contributed by atoms with E-state index in [2.05, 4.69) is 24.0 Å². The van der Waals surface area contributed by atoms with E-state index in [1.54, 1.807) is 0 Å². The van der Waals surface area contributed by atoms with Crippen LogP contribution in [-0.2, 0) is 12.8 Å². The summed E-state index contributed by atoms with van der Waals surface area (Å²) in [4.78, 5) is 7.24. The zero-order valence-corrected chi connectivity index (χ0v) is 10.5. The molecule has 3 rings (SSSR count). The molecule has 2 heterocycles. The van der Waals surface area contributed by atoms with Gasteiger partial charge in [0.1, 0.15) is 5.82 Å². The fraction of sp³-hybridized carbons (Fsp3) is 0.643. The Balaban J connectivity index is 1.89. The van der Waals surface area contributed by atoms with Crippen LogP contribution < -0.4 is 10.6 Å². The van der Waals surface area contributed by atoms with Gasteiger partial charge in [-0.3, -0.25) is 0 Å². The third kappa shape index (κ3) is 1.82. The predicted octanol–water partition coefficient (Wildman–Crippen LogP) is 1.74. The third-order valence-corrected chi connectivity index (χ3v) is 4.33. The van der Waals surface area contributed by atoms with Gasteiger partial charge in [-0.2, -0.15) is 0 Å². The van der Waals surface area contributed by atoms with Crippen molar-refractivity contribution in [3.05, 3.63) is 23.4 Å². The van der Waals surface area contributed by atoms with E-state index < -0.39 is 0 Å². The topological polar surface area (TPSA) is 42.2 Å². The van der Waals surface area contributed by atoms with Gasteiger partial charge in [0.05, 0.1) is 0 Å². The number of fused-ring (bicyclic) bond motifs is 1. The SMILES string of the molecule is CC1CCN(c2ccc3c(n2)CCC3)C1CN. The van der Waals surface area contributed by atoms with E-state index in [0.29, 0.717) is 12.0 Å². The van der Waals surface area contributed by atoms with Crippen molar-refractivity contribution in [1.29, 1.82) is 0 Å². The Morgan fingerprint density at radius 1 is 1.41 bits per heavy atom. The average Bonchev–Trinajstić information content (AvgIpc) is 2.93. The van der Waals surface area contributed by atoms with E-state index in [1.807, 2.05) is 0 Å². The number of aryl methyl sites for hydroxylation is 2. The molecule has 2 unspecified atom stereocenters. The maximum Gasteiger partial charge on any atom is 0.129 e. The highest BCUT2D eigenvalue weighted by Crippen LogP contribution is 2.30. The number of rotatable bonds is 2. The summed E-state index contributed by atoms with van der Waals surface area (Å²) in [6, 6.07) is 4.92. The van der Waals surface area contributed by atoms with Crippen LogP contribution in [0.15, 0.2) is 12.1 Å². The Labute approximate surface area is 103 Å². The van der Waals surface area contributed by atoms with Gasteiger partial charge in [0.15, 0.2) is 0 Å². The van der Waals surface area contributed by atoms with Gasteiger partial charge in [-0.1, -0.05) is 13.0 Å². The summed E-state index contributed by atoms with van der Waals surface area (Å²) in [5.41, 5.74) is 8.66. The molecule has 1 fully saturated rings. The Kier molecular flexibility index (Phi) is 2.79. The molecule has 17 heavy (non-hydrogen) atoms. The molecule has 2 aliphatic rings. The molecule has 2 N–H and O–H groups in total. The highest BCUT2D eigenvalue weighted by molar-refractivity contribution is 5.45. The first-order chi connectivity index (χ1) is 8.29. The number of nitrogens with zero attached hydrogens (tertiary/aromatic N) is 2. The molecule has 0 spiro atoms. The Bertz CT molecular complexity index is 416. The smallest absolute Gasteiger partial charge is 0.129 e. The molecule has 1 saturated heterocycles. The summed E-state index contributed by atoms with van der Waals surface area (Å²) in [5, 5.41) is 0. The number of hydrogen-bond acceptors (Lipinski definition) is 3. The molecule has 0 radical (unpaired) electrons. The van der Waals surface area contributed by atoms with Crippen LogP contribution in [0.1, 0.15) is 31.0 Å². The van der Waals surface area contributed by atoms with Gasteiger partial charge in [-0.25, -0.2) is 4.98 Å². The minimum absolute atomic E-state index is 0.474. The molecule has 92 valence electrons. The van der Waals surface area contributed by atoms with Crippen molar-refractivity contribution in [2.24, 2.45) is 11.7 Å². The number of nitrogens with two attached hydrogens (primary N) is 1. The van der Waals surface area contributed by atoms with Gasteiger partial charge < -0.3 is 10.6 Å². The molecule has 1 aliphatic heterocycles. The van der Waals surface area contributed by atoms with Crippen LogP contribution in [0, 0.1) is 5.92 Å². The van der Waals surface area contributed by atoms with E-state index in [1.165, 1.54) is 30.5 Å². The Morgan fingerprint density at radius 2 is 2.29 bits per heavy atom. The number of pyridine rings is 1. The molecule has 0 bridgehead atoms. The van der Waals surface area contributed by atoms with Crippen molar-refractivity contribution >= 4 is 5.82 Å². The first-order valence-electron chi connectivity index (χ1n) is 6.75. The molecular weight excluding hydrogens is 210 g/mol. The summed E-state index contributed by atoms with van der Waals surface area (Å²) >= 11 is 0. The summed E-state index contributed by atoms with van der Waals surface area (Å²) < 4.78 is 0. The lowest BCUT2D eigenvalue weighted by molar-refractivity contribution is 0.517.